The molecule has 0 radical (unpaired) electrons. The molecule has 0 N–H and O–H groups in total. The van der Waals surface area contributed by atoms with Gasteiger partial charge in [0.25, 0.3) is 0 Å². The van der Waals surface area contributed by atoms with Gasteiger partial charge in [-0.1, -0.05) is 98.3 Å². The van der Waals surface area contributed by atoms with Crippen LogP contribution in [0.5, 0.6) is 0 Å². The normalized spacial score (nSPS) is 11.9. The molecule has 0 saturated heterocycles. The maximum absolute atomic E-state index is 7.28. The van der Waals surface area contributed by atoms with Crippen LogP contribution < -0.4 is 153 Å². The molecule has 1 heterocycles. The highest BCUT2D eigenvalue weighted by Gasteiger charge is 2.33. The van der Waals surface area contributed by atoms with Crippen molar-refractivity contribution in [3.63, 3.8) is 0 Å². The van der Waals surface area contributed by atoms with Crippen molar-refractivity contribution in [1.82, 2.24) is 0 Å². The molecule has 0 aliphatic heterocycles. The summed E-state index contributed by atoms with van der Waals surface area (Å²) in [4.78, 5) is 0. The Hall–Kier alpha value is -4.36. The van der Waals surface area contributed by atoms with Crippen LogP contribution in [0.4, 0.5) is 0 Å². The zero-order chi connectivity index (χ0) is 55.3. The summed E-state index contributed by atoms with van der Waals surface area (Å²) in [5, 5.41) is 13.7. The van der Waals surface area contributed by atoms with Crippen molar-refractivity contribution in [3.8, 4) is 33.4 Å². The van der Waals surface area contributed by atoms with E-state index in [1.807, 2.05) is 0 Å². The fourth-order valence-corrected chi connectivity index (χ4v) is 14.8. The van der Waals surface area contributed by atoms with Crippen molar-refractivity contribution in [3.05, 3.63) is 0 Å². The molecule has 9 aromatic carbocycles. The van der Waals surface area contributed by atoms with Crippen molar-refractivity contribution in [2.24, 2.45) is 0 Å². The average Bonchev–Trinajstić information content (AvgIpc) is 3.84. The van der Waals surface area contributed by atoms with Crippen LogP contribution in [-0.2, 0) is 0 Å². The molecule has 75 heavy (non-hydrogen) atoms. The molecule has 0 amide bonds. The van der Waals surface area contributed by atoms with Crippen LogP contribution in [0.1, 0.15) is 0 Å². The largest absolute Gasteiger partial charge is 0.457 e. The summed E-state index contributed by atoms with van der Waals surface area (Å²) in [6.07, 6.45) is 0. The number of rotatable bonds is 3. The van der Waals surface area contributed by atoms with Crippen LogP contribution in [0.15, 0.2) is 4.42 Å². The van der Waals surface area contributed by atoms with E-state index in [2.05, 4.69) is 220 Å². The molecule has 29 heteroatoms. The summed E-state index contributed by atoms with van der Waals surface area (Å²) >= 11 is 0. The Morgan fingerprint density at radius 2 is 0.280 bits per heavy atom. The molecule has 0 atom stereocenters. The predicted octanol–water partition coefficient (Wildman–Crippen LogP) is -35.6. The van der Waals surface area contributed by atoms with Crippen molar-refractivity contribution in [1.29, 1.82) is 0 Å². The maximum atomic E-state index is 7.28. The van der Waals surface area contributed by atoms with E-state index in [-0.39, 0.29) is 0 Å². The van der Waals surface area contributed by atoms with Crippen LogP contribution in [0, 0.1) is 0 Å². The second-order valence-electron chi connectivity index (χ2n) is 24.3. The van der Waals surface area contributed by atoms with E-state index in [1.54, 1.807) is 0 Å². The van der Waals surface area contributed by atoms with Crippen LogP contribution in [0.2, 0.25) is 0 Å². The van der Waals surface area contributed by atoms with Gasteiger partial charge in [-0.3, -0.25) is 0 Å². The number of hydrogen-bond donors (Lipinski definition) is 0. The minimum atomic E-state index is 1.02. The molecule has 0 aliphatic rings. The van der Waals surface area contributed by atoms with Gasteiger partial charge >= 0.3 is 0 Å². The summed E-state index contributed by atoms with van der Waals surface area (Å²) < 4.78 is 7.28. The highest BCUT2D eigenvalue weighted by molar-refractivity contribution is 6.78. The molecule has 1 aromatic heterocycles. The Kier molecular flexibility index (Phi) is 13.0. The topological polar surface area (TPSA) is 13.1 Å². The SMILES string of the molecule is Bc1c(B)c(B)c2c(oc3c(B)c(B)c(B)c(-c4c5c(B)c(B)c(B)c(B)c5c(-c5c(B)c(B)c(-c6c(B)c(B)c(B)c7c(B)c(B)c(B)c(B)c67)c6c(B)c(B)c(B)c(B)c56)c5c(B)c(B)c(B)c(B)c45)c32)c1B. The molecule has 0 aliphatic carbocycles. The van der Waals surface area contributed by atoms with Crippen molar-refractivity contribution >= 4 is 438 Å². The van der Waals surface area contributed by atoms with Crippen LogP contribution >= 0.6 is 0 Å². The Bertz CT molecular complexity index is 4350. The molecule has 1 nitrogen and oxygen atoms in total. The Morgan fingerprint density at radius 3 is 0.587 bits per heavy atom. The van der Waals surface area contributed by atoms with Gasteiger partial charge in [0.15, 0.2) is 0 Å². The van der Waals surface area contributed by atoms with Crippen molar-refractivity contribution in [2.45, 2.75) is 0 Å². The molecule has 0 unspecified atom stereocenters. The third-order valence-electron chi connectivity index (χ3n) is 21.8. The van der Waals surface area contributed by atoms with Crippen LogP contribution in [0.3, 0.4) is 0 Å². The second kappa shape index (κ2) is 18.1. The van der Waals surface area contributed by atoms with E-state index in [0.29, 0.717) is 0 Å². The first-order valence-electron chi connectivity index (χ1n) is 27.9. The van der Waals surface area contributed by atoms with E-state index < -0.39 is 0 Å². The third-order valence-corrected chi connectivity index (χ3v) is 21.8. The first kappa shape index (κ1) is 54.0. The quantitative estimate of drug-likeness (QED) is 0.127. The van der Waals surface area contributed by atoms with Gasteiger partial charge in [-0.05, 0) is 76.5 Å². The lowest BCUT2D eigenvalue weighted by Gasteiger charge is -2.33. The maximum Gasteiger partial charge on any atom is 0.143 e. The monoisotopic (exact) mass is 933 g/mol. The van der Waals surface area contributed by atoms with Crippen LogP contribution in [0.25, 0.3) is 98.4 Å². The number of benzene rings is 9. The third kappa shape index (κ3) is 6.85. The first-order valence-corrected chi connectivity index (χ1v) is 27.9. The van der Waals surface area contributed by atoms with Gasteiger partial charge in [0.1, 0.15) is 231 Å². The minimum absolute atomic E-state index is 1.02. The molecule has 0 saturated carbocycles. The van der Waals surface area contributed by atoms with Crippen molar-refractivity contribution < 1.29 is 4.42 Å². The minimum Gasteiger partial charge on any atom is -0.457 e. The Labute approximate surface area is 472 Å². The summed E-state index contributed by atoms with van der Waals surface area (Å²) in [5.41, 5.74) is 48.6. The zero-order valence-corrected chi connectivity index (χ0v) is 51.4. The fourth-order valence-electron chi connectivity index (χ4n) is 14.8. The molecular formula is C46H56B28O. The standard InChI is InChI=1S/C46H56B28O/c47-17-7(9-11(26(56)37(67)36(66)25(9)55)10(18(17)48)12-13-15(28(58)31(61)24(12)54)29(59)39(69)38(68)27(13)57)1-3-5(21(51)34(64)32(62)19(3)49)2(6-4(1)20(50)33(63)35(65)22(6)52)8-14-16-30(60)40(70)42(72)44(74)46(16)75-45(14)43(73)41(71)23(8)53/h47-74H2. The summed E-state index contributed by atoms with van der Waals surface area (Å²) in [7, 11) is 66.6. The number of fused-ring (bicyclic) bond motifs is 7. The lowest BCUT2D eigenvalue weighted by atomic mass is 9.55. The predicted molar refractivity (Wildman–Crippen MR) is 429 cm³/mol. The molecular weight excluding hydrogens is 871 g/mol. The number of hydrogen-bond acceptors (Lipinski definition) is 1. The highest BCUT2D eigenvalue weighted by atomic mass is 16.3. The summed E-state index contributed by atoms with van der Waals surface area (Å²) in [6.45, 7) is 0. The van der Waals surface area contributed by atoms with Gasteiger partial charge in [-0.25, -0.2) is 0 Å². The van der Waals surface area contributed by atoms with E-state index in [1.165, 1.54) is 240 Å². The molecule has 0 bridgehead atoms. The first-order chi connectivity index (χ1) is 35.0. The Morgan fingerprint density at radius 1 is 0.120 bits per heavy atom. The van der Waals surface area contributed by atoms with Gasteiger partial charge in [0, 0.05) is 10.8 Å². The number of furan rings is 1. The molecule has 330 valence electrons. The van der Waals surface area contributed by atoms with E-state index in [9.17, 15) is 0 Å². The van der Waals surface area contributed by atoms with Gasteiger partial charge in [0.2, 0.25) is 0 Å². The van der Waals surface area contributed by atoms with Gasteiger partial charge < -0.3 is 4.42 Å². The van der Waals surface area contributed by atoms with E-state index in [0.717, 1.165) is 11.2 Å². The van der Waals surface area contributed by atoms with Gasteiger partial charge in [-0.2, -0.15) is 0 Å². The van der Waals surface area contributed by atoms with Gasteiger partial charge in [-0.15, -0.1) is 54.6 Å². The molecule has 0 fully saturated rings. The lowest BCUT2D eigenvalue weighted by Crippen LogP contribution is -2.53. The highest BCUT2D eigenvalue weighted by Crippen LogP contribution is 2.44. The summed E-state index contributed by atoms with van der Waals surface area (Å²) in [6, 6.07) is 0. The van der Waals surface area contributed by atoms with Crippen molar-refractivity contribution in [2.75, 3.05) is 0 Å². The smallest absolute Gasteiger partial charge is 0.143 e. The van der Waals surface area contributed by atoms with E-state index >= 15 is 0 Å². The average molecular weight is 928 g/mol. The van der Waals surface area contributed by atoms with Crippen LogP contribution in [-0.4, -0.2) is 220 Å². The second-order valence-corrected chi connectivity index (χ2v) is 24.3. The fraction of sp³-hybridized carbons (Fsp3) is 0. The zero-order valence-electron chi connectivity index (χ0n) is 51.4. The molecule has 0 spiro atoms. The summed E-state index contributed by atoms with van der Waals surface area (Å²) in [5.74, 6) is 0. The molecule has 10 rings (SSSR count). The lowest BCUT2D eigenvalue weighted by molar-refractivity contribution is 0.675. The van der Waals surface area contributed by atoms with E-state index in [4.69, 9.17) is 4.42 Å². The van der Waals surface area contributed by atoms with Gasteiger partial charge in [0.05, 0.1) is 0 Å². The molecule has 10 aromatic rings. The Balaban J connectivity index is 1.58.